The summed E-state index contributed by atoms with van der Waals surface area (Å²) in [6, 6.07) is 6.03. The summed E-state index contributed by atoms with van der Waals surface area (Å²) < 4.78 is 5.26. The van der Waals surface area contributed by atoms with Gasteiger partial charge in [-0.1, -0.05) is 6.07 Å². The average Bonchev–Trinajstić information content (AvgIpc) is 2.43. The number of piperazine rings is 1. The minimum Gasteiger partial charge on any atom is -0.496 e. The summed E-state index contributed by atoms with van der Waals surface area (Å²) in [5, 5.41) is 0. The van der Waals surface area contributed by atoms with Crippen LogP contribution in [0.25, 0.3) is 0 Å². The molecule has 2 N–H and O–H groups in total. The number of ether oxygens (including phenoxy) is 1. The highest BCUT2D eigenvalue weighted by Crippen LogP contribution is 2.20. The highest BCUT2D eigenvalue weighted by Gasteiger charge is 2.20. The van der Waals surface area contributed by atoms with Crippen LogP contribution in [0.4, 0.5) is 0 Å². The average molecular weight is 263 g/mol. The lowest BCUT2D eigenvalue weighted by molar-refractivity contribution is -0.134. The Bertz CT molecular complexity index is 462. The van der Waals surface area contributed by atoms with E-state index in [1.54, 1.807) is 12.0 Å². The van der Waals surface area contributed by atoms with Crippen molar-refractivity contribution in [2.24, 2.45) is 5.73 Å². The molecule has 0 radical (unpaired) electrons. The molecule has 1 amide bonds. The van der Waals surface area contributed by atoms with Gasteiger partial charge >= 0.3 is 0 Å². The number of nitrogens with zero attached hydrogens (tertiary/aromatic N) is 2. The predicted octanol–water partition coefficient (Wildman–Crippen LogP) is 0.428. The predicted molar refractivity (Wildman–Crippen MR) is 73.8 cm³/mol. The third kappa shape index (κ3) is 3.24. The molecule has 1 aliphatic rings. The Kier molecular flexibility index (Phi) is 4.39. The van der Waals surface area contributed by atoms with Crippen LogP contribution in [0.15, 0.2) is 18.2 Å². The van der Waals surface area contributed by atoms with Crippen LogP contribution in [0.5, 0.6) is 5.75 Å². The van der Waals surface area contributed by atoms with Crippen LogP contribution in [0.2, 0.25) is 0 Å². The van der Waals surface area contributed by atoms with Crippen molar-refractivity contribution in [2.45, 2.75) is 13.1 Å². The molecule has 5 nitrogen and oxygen atoms in total. The summed E-state index contributed by atoms with van der Waals surface area (Å²) in [6.45, 7) is 3.42. The molecule has 0 aromatic heterocycles. The SMILES string of the molecule is COc1ccc(CN2CCN(C)C(=O)C2)cc1CN. The zero-order chi connectivity index (χ0) is 13.8. The van der Waals surface area contributed by atoms with Crippen LogP contribution in [-0.4, -0.2) is 49.5 Å². The maximum atomic E-state index is 11.7. The van der Waals surface area contributed by atoms with Gasteiger partial charge in [-0.15, -0.1) is 0 Å². The smallest absolute Gasteiger partial charge is 0.236 e. The highest BCUT2D eigenvalue weighted by molar-refractivity contribution is 5.78. The van der Waals surface area contributed by atoms with Crippen molar-refractivity contribution in [1.29, 1.82) is 0 Å². The molecule has 2 rings (SSSR count). The number of nitrogens with two attached hydrogens (primary N) is 1. The maximum absolute atomic E-state index is 11.7. The third-order valence-electron chi connectivity index (χ3n) is 3.51. The third-order valence-corrected chi connectivity index (χ3v) is 3.51. The number of hydrogen-bond acceptors (Lipinski definition) is 4. The summed E-state index contributed by atoms with van der Waals surface area (Å²) in [5.41, 5.74) is 7.88. The summed E-state index contributed by atoms with van der Waals surface area (Å²) in [4.78, 5) is 15.6. The zero-order valence-electron chi connectivity index (χ0n) is 11.6. The number of rotatable bonds is 4. The van der Waals surface area contributed by atoms with Gasteiger partial charge in [-0.05, 0) is 17.7 Å². The number of amides is 1. The second-order valence-electron chi connectivity index (χ2n) is 4.88. The van der Waals surface area contributed by atoms with Gasteiger partial charge in [-0.3, -0.25) is 9.69 Å². The first kappa shape index (κ1) is 13.8. The van der Waals surface area contributed by atoms with Gasteiger partial charge in [-0.25, -0.2) is 0 Å². The molecule has 1 heterocycles. The lowest BCUT2D eigenvalue weighted by Crippen LogP contribution is -2.47. The number of benzene rings is 1. The number of carbonyl (C=O) groups excluding carboxylic acids is 1. The van der Waals surface area contributed by atoms with Gasteiger partial charge in [0.1, 0.15) is 5.75 Å². The van der Waals surface area contributed by atoms with Crippen LogP contribution in [0.1, 0.15) is 11.1 Å². The van der Waals surface area contributed by atoms with Crippen LogP contribution in [0, 0.1) is 0 Å². The first-order valence-corrected chi connectivity index (χ1v) is 6.46. The van der Waals surface area contributed by atoms with Crippen molar-refractivity contribution in [3.63, 3.8) is 0 Å². The molecular formula is C14H21N3O2. The molecule has 104 valence electrons. The fourth-order valence-corrected chi connectivity index (χ4v) is 2.29. The van der Waals surface area contributed by atoms with E-state index in [0.29, 0.717) is 13.1 Å². The molecule has 0 unspecified atom stereocenters. The van der Waals surface area contributed by atoms with Crippen LogP contribution >= 0.6 is 0 Å². The van der Waals surface area contributed by atoms with E-state index in [1.807, 2.05) is 19.2 Å². The van der Waals surface area contributed by atoms with Crippen molar-refractivity contribution >= 4 is 5.91 Å². The lowest BCUT2D eigenvalue weighted by Gasteiger charge is -2.32. The van der Waals surface area contributed by atoms with E-state index in [1.165, 1.54) is 5.56 Å². The second kappa shape index (κ2) is 6.04. The highest BCUT2D eigenvalue weighted by atomic mass is 16.5. The van der Waals surface area contributed by atoms with E-state index in [4.69, 9.17) is 10.5 Å². The normalized spacial score (nSPS) is 16.8. The van der Waals surface area contributed by atoms with E-state index in [-0.39, 0.29) is 5.91 Å². The summed E-state index contributed by atoms with van der Waals surface area (Å²) in [5.74, 6) is 1.000. The van der Waals surface area contributed by atoms with E-state index in [0.717, 1.165) is 30.9 Å². The topological polar surface area (TPSA) is 58.8 Å². The van der Waals surface area contributed by atoms with E-state index in [9.17, 15) is 4.79 Å². The molecule has 0 bridgehead atoms. The Labute approximate surface area is 113 Å². The molecule has 0 atom stereocenters. The number of likely N-dealkylation sites (N-methyl/N-ethyl adjacent to an activating group) is 1. The number of hydrogen-bond donors (Lipinski definition) is 1. The molecule has 1 aliphatic heterocycles. The van der Waals surface area contributed by atoms with Gasteiger partial charge in [0.2, 0.25) is 5.91 Å². The maximum Gasteiger partial charge on any atom is 0.236 e. The van der Waals surface area contributed by atoms with Crippen molar-refractivity contribution in [3.05, 3.63) is 29.3 Å². The quantitative estimate of drug-likeness (QED) is 0.856. The van der Waals surface area contributed by atoms with Crippen LogP contribution in [0.3, 0.4) is 0 Å². The Hall–Kier alpha value is -1.59. The van der Waals surface area contributed by atoms with Crippen molar-refractivity contribution in [3.8, 4) is 5.75 Å². The summed E-state index contributed by atoms with van der Waals surface area (Å²) in [6.07, 6.45) is 0. The van der Waals surface area contributed by atoms with Crippen molar-refractivity contribution in [2.75, 3.05) is 33.8 Å². The molecule has 0 aliphatic carbocycles. The second-order valence-corrected chi connectivity index (χ2v) is 4.88. The summed E-state index contributed by atoms with van der Waals surface area (Å²) in [7, 11) is 3.49. The first-order valence-electron chi connectivity index (χ1n) is 6.46. The minimum absolute atomic E-state index is 0.179. The molecular weight excluding hydrogens is 242 g/mol. The van der Waals surface area contributed by atoms with Crippen LogP contribution in [-0.2, 0) is 17.9 Å². The fourth-order valence-electron chi connectivity index (χ4n) is 2.29. The Balaban J connectivity index is 2.05. The standard InChI is InChI=1S/C14H21N3O2/c1-16-5-6-17(10-14(16)18)9-11-3-4-13(19-2)12(7-11)8-15/h3-4,7H,5-6,8-10,15H2,1-2H3. The largest absolute Gasteiger partial charge is 0.496 e. The van der Waals surface area contributed by atoms with Gasteiger partial charge in [0.25, 0.3) is 0 Å². The molecule has 5 heteroatoms. The fraction of sp³-hybridized carbons (Fsp3) is 0.500. The van der Waals surface area contributed by atoms with Gasteiger partial charge < -0.3 is 15.4 Å². The van der Waals surface area contributed by atoms with Crippen LogP contribution < -0.4 is 10.5 Å². The Morgan fingerprint density at radius 1 is 1.37 bits per heavy atom. The van der Waals surface area contributed by atoms with E-state index in [2.05, 4.69) is 11.0 Å². The van der Waals surface area contributed by atoms with E-state index >= 15 is 0 Å². The Morgan fingerprint density at radius 3 is 2.79 bits per heavy atom. The van der Waals surface area contributed by atoms with Gasteiger partial charge in [0.15, 0.2) is 0 Å². The molecule has 1 saturated heterocycles. The number of carbonyl (C=O) groups is 1. The van der Waals surface area contributed by atoms with Crippen molar-refractivity contribution in [1.82, 2.24) is 9.80 Å². The first-order chi connectivity index (χ1) is 9.13. The molecule has 0 saturated carbocycles. The number of methoxy groups -OCH3 is 1. The monoisotopic (exact) mass is 263 g/mol. The van der Waals surface area contributed by atoms with Gasteiger partial charge in [-0.2, -0.15) is 0 Å². The van der Waals surface area contributed by atoms with Crippen molar-refractivity contribution < 1.29 is 9.53 Å². The van der Waals surface area contributed by atoms with Gasteiger partial charge in [0.05, 0.1) is 13.7 Å². The minimum atomic E-state index is 0.179. The molecule has 1 aromatic rings. The lowest BCUT2D eigenvalue weighted by atomic mass is 10.1. The Morgan fingerprint density at radius 2 is 2.16 bits per heavy atom. The zero-order valence-corrected chi connectivity index (χ0v) is 11.6. The van der Waals surface area contributed by atoms with E-state index < -0.39 is 0 Å². The molecule has 19 heavy (non-hydrogen) atoms. The van der Waals surface area contributed by atoms with Gasteiger partial charge in [0, 0.05) is 38.8 Å². The summed E-state index contributed by atoms with van der Waals surface area (Å²) >= 11 is 0. The molecule has 1 aromatic carbocycles. The molecule has 0 spiro atoms. The molecule has 1 fully saturated rings.